The second-order valence-electron chi connectivity index (χ2n) is 8.82. The lowest BCUT2D eigenvalue weighted by molar-refractivity contribution is -0.118. The van der Waals surface area contributed by atoms with Crippen LogP contribution in [0.3, 0.4) is 0 Å². The number of hydrogen-bond donors (Lipinski definition) is 1. The molecule has 5 aromatic rings. The van der Waals surface area contributed by atoms with Gasteiger partial charge in [-0.1, -0.05) is 59.6 Å². The average molecular weight is 558 g/mol. The van der Waals surface area contributed by atoms with E-state index in [1.54, 1.807) is 84.9 Å². The van der Waals surface area contributed by atoms with Gasteiger partial charge >= 0.3 is 0 Å². The van der Waals surface area contributed by atoms with Crippen LogP contribution < -0.4 is 15.5 Å². The number of ether oxygens (including phenoxy) is 1. The molecule has 0 atom stereocenters. The van der Waals surface area contributed by atoms with Crippen molar-refractivity contribution in [1.82, 2.24) is 0 Å². The molecule has 1 heterocycles. The average Bonchev–Trinajstić information content (AvgIpc) is 2.93. The van der Waals surface area contributed by atoms with Crippen molar-refractivity contribution in [3.63, 3.8) is 0 Å². The molecule has 5 rings (SSSR count). The van der Waals surface area contributed by atoms with Crippen LogP contribution in [0.2, 0.25) is 10.0 Å². The number of nitrogens with one attached hydrogen (secondary N) is 1. The normalized spacial score (nSPS) is 10.8. The van der Waals surface area contributed by atoms with Crippen LogP contribution in [0.5, 0.6) is 5.75 Å². The van der Waals surface area contributed by atoms with Crippen LogP contribution in [0.25, 0.3) is 22.3 Å². The van der Waals surface area contributed by atoms with Crippen molar-refractivity contribution in [2.45, 2.75) is 6.92 Å². The van der Waals surface area contributed by atoms with E-state index in [0.717, 1.165) is 5.56 Å². The summed E-state index contributed by atoms with van der Waals surface area (Å²) < 4.78 is 11.9. The maximum Gasteiger partial charge on any atom is 0.262 e. The molecule has 0 radical (unpaired) electrons. The van der Waals surface area contributed by atoms with Gasteiger partial charge in [-0.2, -0.15) is 0 Å². The number of hydrogen-bond acceptors (Lipinski definition) is 5. The highest BCUT2D eigenvalue weighted by Gasteiger charge is 2.20. The smallest absolute Gasteiger partial charge is 0.262 e. The first-order valence-electron chi connectivity index (χ1n) is 12.0. The van der Waals surface area contributed by atoms with E-state index in [1.165, 1.54) is 6.07 Å². The summed E-state index contributed by atoms with van der Waals surface area (Å²) in [4.78, 5) is 39.5. The number of fused-ring (bicyclic) bond motifs is 1. The molecule has 1 amide bonds. The lowest BCUT2D eigenvalue weighted by Crippen LogP contribution is -2.23. The van der Waals surface area contributed by atoms with E-state index >= 15 is 0 Å². The van der Waals surface area contributed by atoms with E-state index < -0.39 is 17.9 Å². The Morgan fingerprint density at radius 2 is 1.59 bits per heavy atom. The van der Waals surface area contributed by atoms with Crippen molar-refractivity contribution < 1.29 is 18.7 Å². The van der Waals surface area contributed by atoms with Crippen molar-refractivity contribution in [3.05, 3.63) is 128 Å². The summed E-state index contributed by atoms with van der Waals surface area (Å²) in [5.74, 6) is -0.816. The molecule has 39 heavy (non-hydrogen) atoms. The third-order valence-corrected chi connectivity index (χ3v) is 6.48. The zero-order valence-corrected chi connectivity index (χ0v) is 22.2. The van der Waals surface area contributed by atoms with Gasteiger partial charge in [-0.25, -0.2) is 0 Å². The van der Waals surface area contributed by atoms with Gasteiger partial charge in [0.15, 0.2) is 18.2 Å². The predicted molar refractivity (Wildman–Crippen MR) is 153 cm³/mol. The third kappa shape index (κ3) is 5.72. The fourth-order valence-electron chi connectivity index (χ4n) is 4.09. The van der Waals surface area contributed by atoms with Crippen LogP contribution in [0.4, 0.5) is 5.69 Å². The largest absolute Gasteiger partial charge is 0.476 e. The van der Waals surface area contributed by atoms with Crippen LogP contribution in [-0.4, -0.2) is 18.3 Å². The second-order valence-corrected chi connectivity index (χ2v) is 9.69. The Hall–Kier alpha value is -4.39. The Labute approximate surface area is 233 Å². The van der Waals surface area contributed by atoms with E-state index in [2.05, 4.69) is 5.32 Å². The third-order valence-electron chi connectivity index (χ3n) is 6.00. The van der Waals surface area contributed by atoms with Gasteiger partial charge < -0.3 is 14.5 Å². The molecule has 0 aliphatic heterocycles. The highest BCUT2D eigenvalue weighted by Crippen LogP contribution is 2.32. The topological polar surface area (TPSA) is 85.6 Å². The zero-order chi connectivity index (χ0) is 27.5. The van der Waals surface area contributed by atoms with E-state index in [-0.39, 0.29) is 28.5 Å². The van der Waals surface area contributed by atoms with Gasteiger partial charge in [-0.15, -0.1) is 0 Å². The molecule has 1 aromatic heterocycles. The summed E-state index contributed by atoms with van der Waals surface area (Å²) in [7, 11) is 0. The molecular formula is C31H21Cl2NO5. The number of carbonyl (C=O) groups excluding carboxylic acids is 2. The van der Waals surface area contributed by atoms with Crippen molar-refractivity contribution in [2.24, 2.45) is 0 Å². The summed E-state index contributed by atoms with van der Waals surface area (Å²) in [5, 5.41) is 3.88. The molecule has 1 N–H and O–H groups in total. The van der Waals surface area contributed by atoms with E-state index in [1.807, 2.05) is 6.92 Å². The minimum Gasteiger partial charge on any atom is -0.476 e. The van der Waals surface area contributed by atoms with Crippen molar-refractivity contribution in [2.75, 3.05) is 11.9 Å². The number of rotatable bonds is 7. The minimum atomic E-state index is -0.579. The van der Waals surface area contributed by atoms with Gasteiger partial charge in [-0.3, -0.25) is 14.4 Å². The summed E-state index contributed by atoms with van der Waals surface area (Å²) >= 11 is 12.2. The molecule has 0 bridgehead atoms. The van der Waals surface area contributed by atoms with Gasteiger partial charge in [-0.05, 0) is 67.1 Å². The molecule has 0 aliphatic carbocycles. The highest BCUT2D eigenvalue weighted by molar-refractivity contribution is 6.31. The van der Waals surface area contributed by atoms with E-state index in [0.29, 0.717) is 32.1 Å². The summed E-state index contributed by atoms with van der Waals surface area (Å²) in [6.45, 7) is 1.38. The van der Waals surface area contributed by atoms with Crippen LogP contribution in [-0.2, 0) is 4.79 Å². The van der Waals surface area contributed by atoms with Crippen LogP contribution >= 0.6 is 23.2 Å². The molecule has 0 aliphatic rings. The first-order valence-corrected chi connectivity index (χ1v) is 12.7. The zero-order valence-electron chi connectivity index (χ0n) is 20.7. The van der Waals surface area contributed by atoms with Gasteiger partial charge in [0.2, 0.25) is 11.2 Å². The molecule has 0 fully saturated rings. The maximum atomic E-state index is 13.4. The summed E-state index contributed by atoms with van der Waals surface area (Å²) in [6, 6.07) is 25.2. The molecule has 0 spiro atoms. The standard InChI is InChI=1S/C31H21Cl2NO5/c1-18-7-13-23-26(15-18)39-30(20-8-10-21(32)11-9-20)31(29(23)37)38-17-27(35)34-25-14-12-22(33)16-24(25)28(36)19-5-3-2-4-6-19/h2-16H,17H2,1H3,(H,34,35). The van der Waals surface area contributed by atoms with Crippen LogP contribution in [0.1, 0.15) is 21.5 Å². The molecular weight excluding hydrogens is 537 g/mol. The lowest BCUT2D eigenvalue weighted by Gasteiger charge is -2.14. The van der Waals surface area contributed by atoms with Gasteiger partial charge in [0.25, 0.3) is 5.91 Å². The molecule has 0 saturated heterocycles. The van der Waals surface area contributed by atoms with Crippen molar-refractivity contribution in [3.8, 4) is 17.1 Å². The first kappa shape index (κ1) is 26.2. The number of amides is 1. The lowest BCUT2D eigenvalue weighted by atomic mass is 10.0. The SMILES string of the molecule is Cc1ccc2c(=O)c(OCC(=O)Nc3ccc(Cl)cc3C(=O)c3ccccc3)c(-c3ccc(Cl)cc3)oc2c1. The number of anilines is 1. The summed E-state index contributed by atoms with van der Waals surface area (Å²) in [5.41, 5.74) is 2.40. The summed E-state index contributed by atoms with van der Waals surface area (Å²) in [6.07, 6.45) is 0. The first-order chi connectivity index (χ1) is 18.8. The Morgan fingerprint density at radius 3 is 2.33 bits per heavy atom. The second kappa shape index (κ2) is 11.2. The van der Waals surface area contributed by atoms with Crippen LogP contribution in [0, 0.1) is 6.92 Å². The quantitative estimate of drug-likeness (QED) is 0.212. The molecule has 8 heteroatoms. The Balaban J connectivity index is 1.45. The molecule has 6 nitrogen and oxygen atoms in total. The molecule has 194 valence electrons. The minimum absolute atomic E-state index is 0.111. The predicted octanol–water partition coefficient (Wildman–Crippen LogP) is 7.32. The number of ketones is 1. The number of halogens is 2. The van der Waals surface area contributed by atoms with Gasteiger partial charge in [0.1, 0.15) is 5.58 Å². The van der Waals surface area contributed by atoms with Gasteiger partial charge in [0, 0.05) is 26.7 Å². The van der Waals surface area contributed by atoms with E-state index in [9.17, 15) is 14.4 Å². The Morgan fingerprint density at radius 1 is 0.872 bits per heavy atom. The van der Waals surface area contributed by atoms with Crippen molar-refractivity contribution in [1.29, 1.82) is 0 Å². The number of carbonyl (C=O) groups is 2. The fraction of sp³-hybridized carbons (Fsp3) is 0.0645. The Kier molecular flexibility index (Phi) is 7.50. The maximum absolute atomic E-state index is 13.4. The number of aryl methyl sites for hydroxylation is 1. The molecule has 0 saturated carbocycles. The fourth-order valence-corrected chi connectivity index (χ4v) is 4.39. The van der Waals surface area contributed by atoms with Gasteiger partial charge in [0.05, 0.1) is 11.1 Å². The monoisotopic (exact) mass is 557 g/mol. The molecule has 0 unspecified atom stereocenters. The van der Waals surface area contributed by atoms with E-state index in [4.69, 9.17) is 32.4 Å². The van der Waals surface area contributed by atoms with Crippen molar-refractivity contribution >= 4 is 51.5 Å². The number of benzene rings is 4. The highest BCUT2D eigenvalue weighted by atomic mass is 35.5. The molecule has 4 aromatic carbocycles. The Bertz CT molecular complexity index is 1760. The van der Waals surface area contributed by atoms with Crippen LogP contribution in [0.15, 0.2) is 100 Å².